The van der Waals surface area contributed by atoms with Crippen molar-refractivity contribution in [3.8, 4) is 0 Å². The lowest BCUT2D eigenvalue weighted by Crippen LogP contribution is -2.21. The Morgan fingerprint density at radius 3 is 3.00 bits per heavy atom. The molecule has 3 rings (SSSR count). The maximum Gasteiger partial charge on any atom is 0.163 e. The molecular weight excluding hydrogens is 266 g/mol. The van der Waals surface area contributed by atoms with Gasteiger partial charge >= 0.3 is 0 Å². The van der Waals surface area contributed by atoms with Gasteiger partial charge < -0.3 is 10.1 Å². The highest BCUT2D eigenvalue weighted by Crippen LogP contribution is 2.26. The maximum atomic E-state index is 6.02. The molecule has 1 fully saturated rings. The minimum absolute atomic E-state index is 0.345. The molecule has 0 aromatic carbocycles. The number of nitrogens with zero attached hydrogens (tertiary/aromatic N) is 4. The number of anilines is 1. The van der Waals surface area contributed by atoms with Crippen molar-refractivity contribution in [3.63, 3.8) is 0 Å². The number of fused-ring (bicyclic) bond motifs is 1. The largest absolute Gasteiger partial charge is 0.372 e. The quantitative estimate of drug-likeness (QED) is 0.937. The second kappa shape index (κ2) is 5.97. The smallest absolute Gasteiger partial charge is 0.163 e. The Hall–Kier alpha value is -1.69. The standard InChI is InChI=1S/C15H23N5O/c1-10-5-4-6-11(7-10)21-9-13-18-14(16-2)12-8-17-20(3)15(12)19-13/h8,10-11H,4-7,9H2,1-3H3,(H,16,18,19). The topological polar surface area (TPSA) is 64.9 Å². The fraction of sp³-hybridized carbons (Fsp3) is 0.667. The Labute approximate surface area is 124 Å². The first-order chi connectivity index (χ1) is 10.2. The third kappa shape index (κ3) is 3.00. The Bertz CT molecular complexity index is 624. The van der Waals surface area contributed by atoms with Gasteiger partial charge in [0.25, 0.3) is 0 Å². The molecule has 114 valence electrons. The molecule has 0 spiro atoms. The van der Waals surface area contributed by atoms with E-state index in [-0.39, 0.29) is 0 Å². The average molecular weight is 289 g/mol. The van der Waals surface area contributed by atoms with Crippen LogP contribution in [0.5, 0.6) is 0 Å². The minimum Gasteiger partial charge on any atom is -0.372 e. The van der Waals surface area contributed by atoms with Gasteiger partial charge in [-0.3, -0.25) is 4.68 Å². The average Bonchev–Trinajstić information content (AvgIpc) is 2.86. The van der Waals surface area contributed by atoms with Gasteiger partial charge in [0.05, 0.1) is 17.7 Å². The number of hydrogen-bond acceptors (Lipinski definition) is 5. The van der Waals surface area contributed by atoms with Crippen molar-refractivity contribution < 1.29 is 4.74 Å². The molecule has 6 heteroatoms. The van der Waals surface area contributed by atoms with Crippen LogP contribution in [0.15, 0.2) is 6.20 Å². The zero-order valence-electron chi connectivity index (χ0n) is 13.0. The predicted octanol–water partition coefficient (Wildman–Crippen LogP) is 2.50. The molecule has 0 aliphatic heterocycles. The first-order valence-electron chi connectivity index (χ1n) is 7.65. The molecule has 1 N–H and O–H groups in total. The summed E-state index contributed by atoms with van der Waals surface area (Å²) in [6.45, 7) is 2.76. The van der Waals surface area contributed by atoms with Crippen molar-refractivity contribution in [2.75, 3.05) is 12.4 Å². The van der Waals surface area contributed by atoms with Gasteiger partial charge in [-0.05, 0) is 18.8 Å². The van der Waals surface area contributed by atoms with E-state index in [1.165, 1.54) is 12.8 Å². The molecule has 21 heavy (non-hydrogen) atoms. The van der Waals surface area contributed by atoms with Crippen LogP contribution in [0.1, 0.15) is 38.4 Å². The number of nitrogens with one attached hydrogen (secondary N) is 1. The Balaban J connectivity index is 1.75. The summed E-state index contributed by atoms with van der Waals surface area (Å²) in [5.74, 6) is 2.29. The Kier molecular flexibility index (Phi) is 4.05. The highest BCUT2D eigenvalue weighted by atomic mass is 16.5. The highest BCUT2D eigenvalue weighted by Gasteiger charge is 2.20. The van der Waals surface area contributed by atoms with E-state index in [2.05, 4.69) is 27.3 Å². The van der Waals surface area contributed by atoms with E-state index < -0.39 is 0 Å². The Morgan fingerprint density at radius 1 is 1.38 bits per heavy atom. The van der Waals surface area contributed by atoms with Crippen LogP contribution in [0.3, 0.4) is 0 Å². The van der Waals surface area contributed by atoms with Crippen molar-refractivity contribution in [1.29, 1.82) is 0 Å². The fourth-order valence-electron chi connectivity index (χ4n) is 3.04. The summed E-state index contributed by atoms with van der Waals surface area (Å²) in [5.41, 5.74) is 0.838. The summed E-state index contributed by atoms with van der Waals surface area (Å²) in [6, 6.07) is 0. The molecular formula is C15H23N5O. The van der Waals surface area contributed by atoms with Crippen molar-refractivity contribution in [2.45, 2.75) is 45.3 Å². The van der Waals surface area contributed by atoms with Crippen molar-refractivity contribution in [1.82, 2.24) is 19.7 Å². The minimum atomic E-state index is 0.345. The zero-order chi connectivity index (χ0) is 14.8. The summed E-state index contributed by atoms with van der Waals surface area (Å²) in [4.78, 5) is 9.11. The van der Waals surface area contributed by atoms with Crippen LogP contribution >= 0.6 is 0 Å². The van der Waals surface area contributed by atoms with Crippen molar-refractivity contribution in [3.05, 3.63) is 12.0 Å². The number of rotatable bonds is 4. The van der Waals surface area contributed by atoms with Crippen molar-refractivity contribution >= 4 is 16.9 Å². The van der Waals surface area contributed by atoms with Gasteiger partial charge in [-0.25, -0.2) is 9.97 Å². The van der Waals surface area contributed by atoms with E-state index in [4.69, 9.17) is 4.74 Å². The van der Waals surface area contributed by atoms with Gasteiger partial charge in [0, 0.05) is 14.1 Å². The molecule has 2 heterocycles. The van der Waals surface area contributed by atoms with Crippen LogP contribution in [-0.2, 0) is 18.4 Å². The third-order valence-electron chi connectivity index (χ3n) is 4.21. The molecule has 2 aromatic heterocycles. The van der Waals surface area contributed by atoms with Gasteiger partial charge in [0.15, 0.2) is 11.5 Å². The molecule has 0 bridgehead atoms. The number of aromatic nitrogens is 4. The van der Waals surface area contributed by atoms with E-state index in [0.29, 0.717) is 18.5 Å². The third-order valence-corrected chi connectivity index (χ3v) is 4.21. The normalized spacial score (nSPS) is 22.6. The first-order valence-corrected chi connectivity index (χ1v) is 7.65. The summed E-state index contributed by atoms with van der Waals surface area (Å²) >= 11 is 0. The van der Waals surface area contributed by atoms with E-state index >= 15 is 0 Å². The lowest BCUT2D eigenvalue weighted by atomic mass is 9.89. The van der Waals surface area contributed by atoms with Gasteiger partial charge in [-0.15, -0.1) is 0 Å². The van der Waals surface area contributed by atoms with E-state index in [9.17, 15) is 0 Å². The van der Waals surface area contributed by atoms with Crippen molar-refractivity contribution in [2.24, 2.45) is 13.0 Å². The molecule has 1 aliphatic carbocycles. The van der Waals surface area contributed by atoms with Crippen LogP contribution in [0.2, 0.25) is 0 Å². The van der Waals surface area contributed by atoms with Gasteiger partial charge in [0.2, 0.25) is 0 Å². The number of ether oxygens (including phenoxy) is 1. The lowest BCUT2D eigenvalue weighted by molar-refractivity contribution is 0.00176. The van der Waals surface area contributed by atoms with Crippen LogP contribution in [0.25, 0.3) is 11.0 Å². The predicted molar refractivity (Wildman–Crippen MR) is 82.1 cm³/mol. The fourth-order valence-corrected chi connectivity index (χ4v) is 3.04. The second-order valence-electron chi connectivity index (χ2n) is 5.95. The van der Waals surface area contributed by atoms with Crippen LogP contribution in [0.4, 0.5) is 5.82 Å². The summed E-state index contributed by atoms with van der Waals surface area (Å²) in [5, 5.41) is 8.29. The SMILES string of the molecule is CNc1nc(COC2CCCC(C)C2)nc2c1cnn2C. The summed E-state index contributed by atoms with van der Waals surface area (Å²) in [6.07, 6.45) is 7.01. The maximum absolute atomic E-state index is 6.02. The molecule has 0 radical (unpaired) electrons. The van der Waals surface area contributed by atoms with Crippen LogP contribution in [0, 0.1) is 5.92 Å². The Morgan fingerprint density at radius 2 is 2.24 bits per heavy atom. The molecule has 2 atom stereocenters. The van der Waals surface area contributed by atoms with Crippen LogP contribution < -0.4 is 5.32 Å². The molecule has 0 amide bonds. The first kappa shape index (κ1) is 14.3. The molecule has 1 saturated carbocycles. The number of aryl methyl sites for hydroxylation is 1. The van der Waals surface area contributed by atoms with E-state index in [0.717, 1.165) is 35.6 Å². The zero-order valence-corrected chi connectivity index (χ0v) is 13.0. The van der Waals surface area contributed by atoms with Gasteiger partial charge in [-0.1, -0.05) is 19.8 Å². The highest BCUT2D eigenvalue weighted by molar-refractivity contribution is 5.86. The summed E-state index contributed by atoms with van der Waals surface area (Å²) < 4.78 is 7.79. The summed E-state index contributed by atoms with van der Waals surface area (Å²) in [7, 11) is 3.75. The molecule has 2 aromatic rings. The number of hydrogen-bond donors (Lipinski definition) is 1. The van der Waals surface area contributed by atoms with Gasteiger partial charge in [0.1, 0.15) is 12.4 Å². The molecule has 1 aliphatic rings. The second-order valence-corrected chi connectivity index (χ2v) is 5.95. The van der Waals surface area contributed by atoms with E-state index in [1.54, 1.807) is 10.9 Å². The van der Waals surface area contributed by atoms with Gasteiger partial charge in [-0.2, -0.15) is 5.10 Å². The van der Waals surface area contributed by atoms with E-state index in [1.807, 2.05) is 14.1 Å². The molecule has 2 unspecified atom stereocenters. The van der Waals surface area contributed by atoms with Crippen LogP contribution in [-0.4, -0.2) is 32.9 Å². The molecule has 6 nitrogen and oxygen atoms in total. The lowest BCUT2D eigenvalue weighted by Gasteiger charge is -2.26. The monoisotopic (exact) mass is 289 g/mol. The molecule has 0 saturated heterocycles.